The molecule has 8 heteroatoms. The number of amides is 4. The van der Waals surface area contributed by atoms with E-state index in [1.165, 1.54) is 18.2 Å². The van der Waals surface area contributed by atoms with Crippen molar-refractivity contribution in [2.24, 2.45) is 0 Å². The Labute approximate surface area is 208 Å². The third-order valence-electron chi connectivity index (χ3n) is 6.01. The summed E-state index contributed by atoms with van der Waals surface area (Å²) >= 11 is 3.45. The van der Waals surface area contributed by atoms with Gasteiger partial charge in [0.2, 0.25) is 0 Å². The quantitative estimate of drug-likeness (QED) is 0.276. The molecule has 6 nitrogen and oxygen atoms in total. The van der Waals surface area contributed by atoms with Gasteiger partial charge >= 0.3 is 6.03 Å². The highest BCUT2D eigenvalue weighted by molar-refractivity contribution is 9.10. The second kappa shape index (κ2) is 8.96. The molecule has 0 unspecified atom stereocenters. The van der Waals surface area contributed by atoms with Crippen LogP contribution in [0, 0.1) is 12.7 Å². The minimum Gasteiger partial charge on any atom is -0.340 e. The van der Waals surface area contributed by atoms with Crippen LogP contribution in [0.2, 0.25) is 0 Å². The maximum Gasteiger partial charge on any atom is 0.335 e. The fourth-order valence-electron chi connectivity index (χ4n) is 4.24. The molecule has 0 radical (unpaired) electrons. The smallest absolute Gasteiger partial charge is 0.335 e. The van der Waals surface area contributed by atoms with Crippen LogP contribution < -0.4 is 10.2 Å². The molecular weight excluding hydrogens is 513 g/mol. The lowest BCUT2D eigenvalue weighted by atomic mass is 10.0. The molecule has 0 spiro atoms. The summed E-state index contributed by atoms with van der Waals surface area (Å²) in [7, 11) is 0. The van der Waals surface area contributed by atoms with Crippen molar-refractivity contribution in [3.8, 4) is 0 Å². The average molecular weight is 532 g/mol. The Bertz CT molecular complexity index is 1520. The molecule has 0 bridgehead atoms. The van der Waals surface area contributed by atoms with E-state index in [-0.39, 0.29) is 11.3 Å². The molecule has 0 atom stereocenters. The maximum atomic E-state index is 13.4. The van der Waals surface area contributed by atoms with Gasteiger partial charge in [-0.3, -0.25) is 14.9 Å². The number of fused-ring (bicyclic) bond motifs is 1. The minimum absolute atomic E-state index is 0.168. The van der Waals surface area contributed by atoms with E-state index in [4.69, 9.17) is 0 Å². The monoisotopic (exact) mass is 531 g/mol. The Hall–Kier alpha value is -4.04. The van der Waals surface area contributed by atoms with Crippen LogP contribution in [0.25, 0.3) is 17.0 Å². The number of carbonyl (C=O) groups excluding carboxylic acids is 3. The molecular formula is C27H19BrFN3O3. The SMILES string of the molecule is Cc1c(/C=C2\C(=O)NC(=O)N(c3ccc(F)cc3)C2=O)c2ccccc2n1Cc1ccc(Br)cc1. The zero-order chi connectivity index (χ0) is 24.7. The first-order valence-electron chi connectivity index (χ1n) is 10.8. The van der Waals surface area contributed by atoms with Crippen LogP contribution >= 0.6 is 15.9 Å². The fourth-order valence-corrected chi connectivity index (χ4v) is 4.51. The van der Waals surface area contributed by atoms with E-state index in [0.717, 1.165) is 43.7 Å². The summed E-state index contributed by atoms with van der Waals surface area (Å²) in [5.41, 5.74) is 3.62. The van der Waals surface area contributed by atoms with Gasteiger partial charge in [-0.05, 0) is 61.0 Å². The highest BCUT2D eigenvalue weighted by Gasteiger charge is 2.37. The molecule has 4 aromatic rings. The van der Waals surface area contributed by atoms with Crippen LogP contribution in [-0.4, -0.2) is 22.4 Å². The van der Waals surface area contributed by atoms with Crippen molar-refractivity contribution in [3.05, 3.63) is 105 Å². The molecule has 2 heterocycles. The number of hydrogen-bond donors (Lipinski definition) is 1. The lowest BCUT2D eigenvalue weighted by molar-refractivity contribution is -0.122. The normalized spacial score (nSPS) is 15.2. The van der Waals surface area contributed by atoms with Crippen LogP contribution in [0.1, 0.15) is 16.8 Å². The minimum atomic E-state index is -0.877. The zero-order valence-corrected chi connectivity index (χ0v) is 20.2. The summed E-state index contributed by atoms with van der Waals surface area (Å²) in [5.74, 6) is -2.04. The molecule has 0 saturated carbocycles. The van der Waals surface area contributed by atoms with Crippen LogP contribution in [0.5, 0.6) is 0 Å². The Balaban J connectivity index is 1.60. The molecule has 5 rings (SSSR count). The number of nitrogens with zero attached hydrogens (tertiary/aromatic N) is 2. The standard InChI is InChI=1S/C27H19BrFN3O3/c1-16-22(21-4-2-3-5-24(21)31(16)15-17-6-8-18(28)9-7-17)14-23-25(33)30-27(35)32(26(23)34)20-12-10-19(29)11-13-20/h2-14H,15H2,1H3,(H,30,33,35)/b23-14+. The van der Waals surface area contributed by atoms with Crippen LogP contribution in [0.4, 0.5) is 14.9 Å². The number of carbonyl (C=O) groups is 3. The molecule has 1 fully saturated rings. The number of benzene rings is 3. The number of para-hydroxylation sites is 1. The van der Waals surface area contributed by atoms with E-state index in [9.17, 15) is 18.8 Å². The van der Waals surface area contributed by atoms with Gasteiger partial charge in [-0.2, -0.15) is 0 Å². The fraction of sp³-hybridized carbons (Fsp3) is 0.0741. The van der Waals surface area contributed by atoms with E-state index < -0.39 is 23.7 Å². The Kier molecular flexibility index (Phi) is 5.82. The Morgan fingerprint density at radius 1 is 0.943 bits per heavy atom. The molecule has 174 valence electrons. The number of rotatable bonds is 4. The Morgan fingerprint density at radius 2 is 1.63 bits per heavy atom. The van der Waals surface area contributed by atoms with Crippen molar-refractivity contribution < 1.29 is 18.8 Å². The topological polar surface area (TPSA) is 71.4 Å². The summed E-state index contributed by atoms with van der Waals surface area (Å²) < 4.78 is 16.5. The second-order valence-corrected chi connectivity index (χ2v) is 9.08. The van der Waals surface area contributed by atoms with Crippen LogP contribution in [-0.2, 0) is 16.1 Å². The maximum absolute atomic E-state index is 13.4. The van der Waals surface area contributed by atoms with Crippen LogP contribution in [0.15, 0.2) is 82.8 Å². The summed E-state index contributed by atoms with van der Waals surface area (Å²) in [4.78, 5) is 39.3. The van der Waals surface area contributed by atoms with Gasteiger partial charge in [-0.15, -0.1) is 0 Å². The average Bonchev–Trinajstić information content (AvgIpc) is 3.10. The van der Waals surface area contributed by atoms with Crippen LogP contribution in [0.3, 0.4) is 0 Å². The summed E-state index contributed by atoms with van der Waals surface area (Å²) in [5, 5.41) is 3.09. The van der Waals surface area contributed by atoms with Gasteiger partial charge < -0.3 is 4.57 Å². The summed E-state index contributed by atoms with van der Waals surface area (Å²) in [6, 6.07) is 19.8. The van der Waals surface area contributed by atoms with Gasteiger partial charge in [0.25, 0.3) is 11.8 Å². The predicted molar refractivity (Wildman–Crippen MR) is 135 cm³/mol. The largest absolute Gasteiger partial charge is 0.340 e. The summed E-state index contributed by atoms with van der Waals surface area (Å²) in [6.07, 6.45) is 1.52. The van der Waals surface area contributed by atoms with Gasteiger partial charge in [0.15, 0.2) is 0 Å². The van der Waals surface area contributed by atoms with E-state index in [1.807, 2.05) is 55.5 Å². The first kappa shape index (κ1) is 22.7. The van der Waals surface area contributed by atoms with Gasteiger partial charge in [0.1, 0.15) is 11.4 Å². The van der Waals surface area contributed by atoms with Crippen molar-refractivity contribution in [2.45, 2.75) is 13.5 Å². The van der Waals surface area contributed by atoms with E-state index in [2.05, 4.69) is 25.8 Å². The molecule has 1 N–H and O–H groups in total. The number of anilines is 1. The van der Waals surface area contributed by atoms with Gasteiger partial charge in [-0.25, -0.2) is 14.1 Å². The third-order valence-corrected chi connectivity index (χ3v) is 6.54. The predicted octanol–water partition coefficient (Wildman–Crippen LogP) is 5.57. The highest BCUT2D eigenvalue weighted by Crippen LogP contribution is 2.30. The lowest BCUT2D eigenvalue weighted by Crippen LogP contribution is -2.54. The van der Waals surface area contributed by atoms with Crippen molar-refractivity contribution in [2.75, 3.05) is 4.90 Å². The molecule has 4 amide bonds. The number of urea groups is 1. The Morgan fingerprint density at radius 3 is 2.34 bits per heavy atom. The van der Waals surface area contributed by atoms with Gasteiger partial charge in [-0.1, -0.05) is 46.3 Å². The van der Waals surface area contributed by atoms with E-state index >= 15 is 0 Å². The van der Waals surface area contributed by atoms with E-state index in [1.54, 1.807) is 0 Å². The number of nitrogens with one attached hydrogen (secondary N) is 1. The van der Waals surface area contributed by atoms with Crippen molar-refractivity contribution in [3.63, 3.8) is 0 Å². The first-order chi connectivity index (χ1) is 16.8. The third kappa shape index (κ3) is 4.17. The first-order valence-corrected chi connectivity index (χ1v) is 11.6. The summed E-state index contributed by atoms with van der Waals surface area (Å²) in [6.45, 7) is 2.53. The number of aromatic nitrogens is 1. The molecule has 3 aromatic carbocycles. The molecule has 0 aliphatic carbocycles. The van der Waals surface area contributed by atoms with Gasteiger partial charge in [0, 0.05) is 33.2 Å². The number of imide groups is 2. The highest BCUT2D eigenvalue weighted by atomic mass is 79.9. The number of hydrogen-bond acceptors (Lipinski definition) is 3. The van der Waals surface area contributed by atoms with Crippen molar-refractivity contribution in [1.29, 1.82) is 0 Å². The van der Waals surface area contributed by atoms with E-state index in [0.29, 0.717) is 12.1 Å². The van der Waals surface area contributed by atoms with Crippen molar-refractivity contribution >= 4 is 56.4 Å². The molecule has 1 aromatic heterocycles. The zero-order valence-electron chi connectivity index (χ0n) is 18.6. The molecule has 1 saturated heterocycles. The molecule has 35 heavy (non-hydrogen) atoms. The number of barbiturate groups is 1. The van der Waals surface area contributed by atoms with Gasteiger partial charge in [0.05, 0.1) is 5.69 Å². The molecule has 1 aliphatic rings. The number of halogens is 2. The van der Waals surface area contributed by atoms with Crippen molar-refractivity contribution in [1.82, 2.24) is 9.88 Å². The lowest BCUT2D eigenvalue weighted by Gasteiger charge is -2.26. The molecule has 1 aliphatic heterocycles. The second-order valence-electron chi connectivity index (χ2n) is 8.16.